The van der Waals surface area contributed by atoms with E-state index < -0.39 is 0 Å². The van der Waals surface area contributed by atoms with Gasteiger partial charge in [0, 0.05) is 70.3 Å². The largest absolute Gasteiger partial charge is 0.378 e. The number of carbonyl (C=O) groups excluding carboxylic acids is 1. The van der Waals surface area contributed by atoms with Crippen molar-refractivity contribution in [3.63, 3.8) is 0 Å². The zero-order valence-electron chi connectivity index (χ0n) is 15.9. The Bertz CT molecular complexity index is 766. The number of piperazine rings is 1. The van der Waals surface area contributed by atoms with Crippen molar-refractivity contribution in [2.24, 2.45) is 0 Å². The Balaban J connectivity index is 1.72. The van der Waals surface area contributed by atoms with Crippen molar-refractivity contribution in [2.75, 3.05) is 55.4 Å². The number of nitrogens with one attached hydrogen (secondary N) is 1. The number of benzene rings is 1. The highest BCUT2D eigenvalue weighted by Gasteiger charge is 2.20. The zero-order chi connectivity index (χ0) is 18.7. The Morgan fingerprint density at radius 2 is 1.73 bits per heavy atom. The van der Waals surface area contributed by atoms with Crippen molar-refractivity contribution in [1.29, 1.82) is 0 Å². The lowest BCUT2D eigenvalue weighted by molar-refractivity contribution is -0.129. The Morgan fingerprint density at radius 3 is 2.31 bits per heavy atom. The van der Waals surface area contributed by atoms with Crippen LogP contribution in [-0.4, -0.2) is 61.0 Å². The van der Waals surface area contributed by atoms with E-state index in [1.807, 2.05) is 44.1 Å². The summed E-state index contributed by atoms with van der Waals surface area (Å²) in [5, 5.41) is 3.29. The first-order valence-corrected chi connectivity index (χ1v) is 8.83. The topological polar surface area (TPSA) is 64.6 Å². The zero-order valence-corrected chi connectivity index (χ0v) is 15.9. The fourth-order valence-electron chi connectivity index (χ4n) is 2.99. The normalized spacial score (nSPS) is 14.3. The highest BCUT2D eigenvalue weighted by molar-refractivity contribution is 5.73. The second-order valence-corrected chi connectivity index (χ2v) is 6.75. The summed E-state index contributed by atoms with van der Waals surface area (Å²) in [5.74, 6) is 1.62. The van der Waals surface area contributed by atoms with Crippen LogP contribution in [0, 0.1) is 6.92 Å². The Labute approximate surface area is 154 Å². The van der Waals surface area contributed by atoms with Crippen molar-refractivity contribution in [3.8, 4) is 0 Å². The van der Waals surface area contributed by atoms with E-state index in [1.54, 1.807) is 6.92 Å². The van der Waals surface area contributed by atoms with Gasteiger partial charge < -0.3 is 20.0 Å². The van der Waals surface area contributed by atoms with Crippen molar-refractivity contribution in [1.82, 2.24) is 14.9 Å². The predicted octanol–water partition coefficient (Wildman–Crippen LogP) is 2.26. The molecule has 1 aromatic carbocycles. The Kier molecular flexibility index (Phi) is 5.25. The summed E-state index contributed by atoms with van der Waals surface area (Å²) in [4.78, 5) is 26.8. The van der Waals surface area contributed by atoms with Gasteiger partial charge in [0.05, 0.1) is 0 Å². The molecule has 3 rings (SSSR count). The van der Waals surface area contributed by atoms with E-state index in [0.717, 1.165) is 49.1 Å². The lowest BCUT2D eigenvalue weighted by atomic mass is 10.2. The van der Waals surface area contributed by atoms with Gasteiger partial charge in [0.15, 0.2) is 0 Å². The Morgan fingerprint density at radius 1 is 1.08 bits per heavy atom. The number of carbonyl (C=O) groups is 1. The van der Waals surface area contributed by atoms with Gasteiger partial charge in [0.2, 0.25) is 11.9 Å². The highest BCUT2D eigenvalue weighted by atomic mass is 16.2. The van der Waals surface area contributed by atoms with E-state index in [2.05, 4.69) is 37.2 Å². The molecule has 1 aliphatic heterocycles. The van der Waals surface area contributed by atoms with Gasteiger partial charge in [-0.15, -0.1) is 0 Å². The van der Waals surface area contributed by atoms with Gasteiger partial charge in [-0.3, -0.25) is 4.79 Å². The molecule has 7 heteroatoms. The van der Waals surface area contributed by atoms with Gasteiger partial charge in [0.1, 0.15) is 5.82 Å². The molecule has 1 aromatic heterocycles. The second kappa shape index (κ2) is 7.59. The van der Waals surface area contributed by atoms with Crippen LogP contribution in [0.5, 0.6) is 0 Å². The molecular weight excluding hydrogens is 328 g/mol. The SMILES string of the molecule is CC(=O)N1CCN(c2cc(C)nc(Nc3ccc(N(C)C)cc3)n2)CC1. The Hall–Kier alpha value is -2.83. The minimum atomic E-state index is 0.132. The van der Waals surface area contributed by atoms with Crippen LogP contribution in [0.1, 0.15) is 12.6 Å². The molecule has 0 saturated carbocycles. The molecule has 26 heavy (non-hydrogen) atoms. The van der Waals surface area contributed by atoms with Gasteiger partial charge in [-0.25, -0.2) is 4.98 Å². The fraction of sp³-hybridized carbons (Fsp3) is 0.421. The van der Waals surface area contributed by atoms with E-state index >= 15 is 0 Å². The maximum Gasteiger partial charge on any atom is 0.229 e. The first-order valence-electron chi connectivity index (χ1n) is 8.83. The molecular formula is C19H26N6O. The standard InChI is InChI=1S/C19H26N6O/c1-14-13-18(25-11-9-24(10-12-25)15(2)26)22-19(20-14)21-16-5-7-17(8-6-16)23(3)4/h5-8,13H,9-12H2,1-4H3,(H,20,21,22). The molecule has 0 bridgehead atoms. The minimum absolute atomic E-state index is 0.132. The molecule has 1 amide bonds. The van der Waals surface area contributed by atoms with Crippen LogP contribution in [0.25, 0.3) is 0 Å². The van der Waals surface area contributed by atoms with E-state index in [-0.39, 0.29) is 5.91 Å². The molecule has 138 valence electrons. The van der Waals surface area contributed by atoms with Crippen LogP contribution in [0.2, 0.25) is 0 Å². The van der Waals surface area contributed by atoms with E-state index in [0.29, 0.717) is 5.95 Å². The third kappa shape index (κ3) is 4.22. The maximum atomic E-state index is 11.5. The summed E-state index contributed by atoms with van der Waals surface area (Å²) in [5.41, 5.74) is 3.01. The summed E-state index contributed by atoms with van der Waals surface area (Å²) < 4.78 is 0. The number of rotatable bonds is 4. The second-order valence-electron chi connectivity index (χ2n) is 6.75. The van der Waals surface area contributed by atoms with Crippen LogP contribution >= 0.6 is 0 Å². The molecule has 1 N–H and O–H groups in total. The van der Waals surface area contributed by atoms with Crippen molar-refractivity contribution in [2.45, 2.75) is 13.8 Å². The molecule has 1 fully saturated rings. The lowest BCUT2D eigenvalue weighted by Gasteiger charge is -2.35. The number of anilines is 4. The number of aromatic nitrogens is 2. The lowest BCUT2D eigenvalue weighted by Crippen LogP contribution is -2.48. The maximum absolute atomic E-state index is 11.5. The molecule has 0 atom stereocenters. The number of hydrogen-bond acceptors (Lipinski definition) is 6. The van der Waals surface area contributed by atoms with Crippen LogP contribution in [-0.2, 0) is 4.79 Å². The first kappa shape index (κ1) is 18.0. The van der Waals surface area contributed by atoms with Gasteiger partial charge >= 0.3 is 0 Å². The van der Waals surface area contributed by atoms with E-state index in [9.17, 15) is 4.79 Å². The summed E-state index contributed by atoms with van der Waals surface area (Å²) in [6.07, 6.45) is 0. The molecule has 7 nitrogen and oxygen atoms in total. The highest BCUT2D eigenvalue weighted by Crippen LogP contribution is 2.21. The third-order valence-electron chi connectivity index (χ3n) is 4.53. The number of aryl methyl sites for hydroxylation is 1. The minimum Gasteiger partial charge on any atom is -0.378 e. The number of hydrogen-bond donors (Lipinski definition) is 1. The van der Waals surface area contributed by atoms with Crippen LogP contribution in [0.4, 0.5) is 23.1 Å². The van der Waals surface area contributed by atoms with E-state index in [1.165, 1.54) is 0 Å². The van der Waals surface area contributed by atoms with Crippen molar-refractivity contribution >= 4 is 29.0 Å². The van der Waals surface area contributed by atoms with Gasteiger partial charge in [-0.2, -0.15) is 4.98 Å². The molecule has 0 unspecified atom stereocenters. The van der Waals surface area contributed by atoms with Crippen LogP contribution in [0.3, 0.4) is 0 Å². The molecule has 2 heterocycles. The first-order chi connectivity index (χ1) is 12.4. The van der Waals surface area contributed by atoms with Crippen LogP contribution < -0.4 is 15.1 Å². The quantitative estimate of drug-likeness (QED) is 0.909. The third-order valence-corrected chi connectivity index (χ3v) is 4.53. The van der Waals surface area contributed by atoms with Crippen molar-refractivity contribution in [3.05, 3.63) is 36.0 Å². The summed E-state index contributed by atoms with van der Waals surface area (Å²) in [6, 6.07) is 10.1. The van der Waals surface area contributed by atoms with Gasteiger partial charge in [-0.1, -0.05) is 0 Å². The van der Waals surface area contributed by atoms with Gasteiger partial charge in [0.25, 0.3) is 0 Å². The number of amides is 1. The molecule has 1 saturated heterocycles. The van der Waals surface area contributed by atoms with Gasteiger partial charge in [-0.05, 0) is 31.2 Å². The average Bonchev–Trinajstić information content (AvgIpc) is 2.61. The predicted molar refractivity (Wildman–Crippen MR) is 105 cm³/mol. The molecule has 2 aromatic rings. The fourth-order valence-corrected chi connectivity index (χ4v) is 2.99. The van der Waals surface area contributed by atoms with Crippen LogP contribution in [0.15, 0.2) is 30.3 Å². The smallest absolute Gasteiger partial charge is 0.229 e. The monoisotopic (exact) mass is 354 g/mol. The molecule has 0 radical (unpaired) electrons. The summed E-state index contributed by atoms with van der Waals surface area (Å²) in [7, 11) is 4.04. The summed E-state index contributed by atoms with van der Waals surface area (Å²) >= 11 is 0. The molecule has 1 aliphatic rings. The average molecular weight is 354 g/mol. The van der Waals surface area contributed by atoms with Crippen molar-refractivity contribution < 1.29 is 4.79 Å². The molecule has 0 aliphatic carbocycles. The van der Waals surface area contributed by atoms with E-state index in [4.69, 9.17) is 0 Å². The summed E-state index contributed by atoms with van der Waals surface area (Å²) in [6.45, 7) is 6.62. The molecule has 0 spiro atoms. The number of nitrogens with zero attached hydrogens (tertiary/aromatic N) is 5.